The number of anilines is 1. The van der Waals surface area contributed by atoms with Gasteiger partial charge in [-0.1, -0.05) is 23.7 Å². The summed E-state index contributed by atoms with van der Waals surface area (Å²) in [6.07, 6.45) is 3.65. The third-order valence-electron chi connectivity index (χ3n) is 3.84. The maximum atomic E-state index is 13.3. The van der Waals surface area contributed by atoms with E-state index in [9.17, 15) is 13.6 Å². The van der Waals surface area contributed by atoms with Crippen molar-refractivity contribution in [3.8, 4) is 0 Å². The van der Waals surface area contributed by atoms with Crippen LogP contribution < -0.4 is 5.32 Å². The van der Waals surface area contributed by atoms with Crippen LogP contribution in [0.4, 0.5) is 13.9 Å². The number of fused-ring (bicyclic) bond motifs is 1. The number of halogens is 3. The van der Waals surface area contributed by atoms with E-state index >= 15 is 0 Å². The number of carbonyl (C=O) groups excluding carboxylic acids is 1. The molecule has 0 unspecified atom stereocenters. The third kappa shape index (κ3) is 3.54. The van der Waals surface area contributed by atoms with Gasteiger partial charge < -0.3 is 0 Å². The zero-order chi connectivity index (χ0) is 19.0. The summed E-state index contributed by atoms with van der Waals surface area (Å²) in [7, 11) is 0. The molecule has 1 amide bonds. The van der Waals surface area contributed by atoms with Crippen LogP contribution in [0.1, 0.15) is 20.9 Å². The average Bonchev–Trinajstić information content (AvgIpc) is 3.21. The van der Waals surface area contributed by atoms with E-state index in [0.29, 0.717) is 22.8 Å². The van der Waals surface area contributed by atoms with E-state index in [0.717, 1.165) is 17.0 Å². The lowest BCUT2D eigenvalue weighted by molar-refractivity contribution is 0.102. The Morgan fingerprint density at radius 3 is 2.89 bits per heavy atom. The lowest BCUT2D eigenvalue weighted by Gasteiger charge is -2.02. The molecule has 4 aromatic rings. The number of aromatic nitrogens is 3. The van der Waals surface area contributed by atoms with Crippen molar-refractivity contribution in [2.75, 3.05) is 5.32 Å². The van der Waals surface area contributed by atoms with Gasteiger partial charge in [0.15, 0.2) is 27.6 Å². The van der Waals surface area contributed by atoms with Gasteiger partial charge in [-0.15, -0.1) is 11.3 Å². The Bertz CT molecular complexity index is 1160. The molecule has 0 aliphatic rings. The number of benzene rings is 1. The second-order valence-corrected chi connectivity index (χ2v) is 7.16. The maximum Gasteiger partial charge on any atom is 0.277 e. The second-order valence-electron chi connectivity index (χ2n) is 5.69. The van der Waals surface area contributed by atoms with Crippen molar-refractivity contribution in [1.29, 1.82) is 0 Å². The van der Waals surface area contributed by atoms with Crippen molar-refractivity contribution in [3.63, 3.8) is 0 Å². The summed E-state index contributed by atoms with van der Waals surface area (Å²) in [6.45, 7) is 0. The van der Waals surface area contributed by atoms with Crippen LogP contribution in [0.25, 0.3) is 5.65 Å². The first kappa shape index (κ1) is 17.6. The van der Waals surface area contributed by atoms with E-state index in [2.05, 4.69) is 15.3 Å². The van der Waals surface area contributed by atoms with Crippen LogP contribution in [0.5, 0.6) is 0 Å². The highest BCUT2D eigenvalue weighted by Crippen LogP contribution is 2.24. The summed E-state index contributed by atoms with van der Waals surface area (Å²) in [5, 5.41) is 3.16. The Kier molecular flexibility index (Phi) is 4.59. The van der Waals surface area contributed by atoms with Crippen LogP contribution in [0, 0.1) is 11.6 Å². The van der Waals surface area contributed by atoms with Gasteiger partial charge in [-0.25, -0.2) is 18.7 Å². The molecule has 4 rings (SSSR count). The number of thiazole rings is 1. The first-order chi connectivity index (χ1) is 13.0. The molecule has 3 aromatic heterocycles. The normalized spacial score (nSPS) is 11.1. The average molecular weight is 405 g/mol. The Morgan fingerprint density at radius 1 is 1.22 bits per heavy atom. The van der Waals surface area contributed by atoms with Gasteiger partial charge >= 0.3 is 0 Å². The molecule has 136 valence electrons. The topological polar surface area (TPSA) is 59.3 Å². The standard InChI is InChI=1S/C18H11ClF2N4OS/c19-16-15(25-6-2-1-3-14(25)23-16)17(26)24-18-22-9-11(27-18)7-10-4-5-12(20)13(21)8-10/h1-6,8-9H,7H2,(H,22,24,26). The zero-order valence-electron chi connectivity index (χ0n) is 13.6. The van der Waals surface area contributed by atoms with E-state index in [1.165, 1.54) is 17.4 Å². The molecule has 0 radical (unpaired) electrons. The predicted octanol–water partition coefficient (Wildman–Crippen LogP) is 4.57. The molecule has 0 saturated heterocycles. The number of amides is 1. The van der Waals surface area contributed by atoms with Crippen molar-refractivity contribution >= 4 is 39.6 Å². The fourth-order valence-corrected chi connectivity index (χ4v) is 3.73. The molecule has 0 spiro atoms. The molecule has 0 aliphatic heterocycles. The highest BCUT2D eigenvalue weighted by Gasteiger charge is 2.19. The fraction of sp³-hybridized carbons (Fsp3) is 0.0556. The number of rotatable bonds is 4. The second kappa shape index (κ2) is 7.05. The Balaban J connectivity index is 1.52. The summed E-state index contributed by atoms with van der Waals surface area (Å²) >= 11 is 7.34. The molecule has 0 atom stereocenters. The van der Waals surface area contributed by atoms with E-state index in [4.69, 9.17) is 11.6 Å². The number of imidazole rings is 1. The van der Waals surface area contributed by atoms with E-state index < -0.39 is 17.5 Å². The predicted molar refractivity (Wildman–Crippen MR) is 99.4 cm³/mol. The van der Waals surface area contributed by atoms with Gasteiger partial charge in [0.1, 0.15) is 5.65 Å². The van der Waals surface area contributed by atoms with Crippen LogP contribution in [-0.4, -0.2) is 20.3 Å². The Hall–Kier alpha value is -2.84. The Morgan fingerprint density at radius 2 is 2.07 bits per heavy atom. The number of nitrogens with one attached hydrogen (secondary N) is 1. The van der Waals surface area contributed by atoms with E-state index in [1.807, 2.05) is 0 Å². The molecule has 0 bridgehead atoms. The SMILES string of the molecule is O=C(Nc1ncc(Cc2ccc(F)c(F)c2)s1)c1c(Cl)nc2ccccn12. The van der Waals surface area contributed by atoms with Crippen molar-refractivity contribution in [3.05, 3.63) is 81.7 Å². The largest absolute Gasteiger partial charge is 0.296 e. The number of pyridine rings is 1. The summed E-state index contributed by atoms with van der Waals surface area (Å²) < 4.78 is 27.9. The van der Waals surface area contributed by atoms with Gasteiger partial charge in [-0.3, -0.25) is 14.5 Å². The molecule has 5 nitrogen and oxygen atoms in total. The van der Waals surface area contributed by atoms with Gasteiger partial charge in [0.05, 0.1) is 0 Å². The molecule has 9 heteroatoms. The third-order valence-corrected chi connectivity index (χ3v) is 5.02. The van der Waals surface area contributed by atoms with Crippen LogP contribution in [0.2, 0.25) is 5.15 Å². The van der Waals surface area contributed by atoms with E-state index in [-0.39, 0.29) is 10.8 Å². The van der Waals surface area contributed by atoms with Crippen LogP contribution >= 0.6 is 22.9 Å². The molecule has 0 fully saturated rings. The highest BCUT2D eigenvalue weighted by atomic mass is 35.5. The lowest BCUT2D eigenvalue weighted by Crippen LogP contribution is -2.14. The zero-order valence-corrected chi connectivity index (χ0v) is 15.2. The molecule has 0 saturated carbocycles. The van der Waals surface area contributed by atoms with Gasteiger partial charge in [-0.2, -0.15) is 0 Å². The molecule has 27 heavy (non-hydrogen) atoms. The molecule has 1 N–H and O–H groups in total. The number of hydrogen-bond acceptors (Lipinski definition) is 4. The fourth-order valence-electron chi connectivity index (χ4n) is 2.62. The smallest absolute Gasteiger partial charge is 0.277 e. The van der Waals surface area contributed by atoms with Gasteiger partial charge in [-0.05, 0) is 29.8 Å². The van der Waals surface area contributed by atoms with Crippen LogP contribution in [0.3, 0.4) is 0 Å². The monoisotopic (exact) mass is 404 g/mol. The van der Waals surface area contributed by atoms with Crippen molar-refractivity contribution in [1.82, 2.24) is 14.4 Å². The minimum Gasteiger partial charge on any atom is -0.296 e. The van der Waals surface area contributed by atoms with Gasteiger partial charge in [0.25, 0.3) is 5.91 Å². The summed E-state index contributed by atoms with van der Waals surface area (Å²) in [6, 6.07) is 9.05. The Labute approximate surface area is 161 Å². The van der Waals surface area contributed by atoms with Gasteiger partial charge in [0.2, 0.25) is 0 Å². The van der Waals surface area contributed by atoms with Crippen LogP contribution in [0.15, 0.2) is 48.8 Å². The van der Waals surface area contributed by atoms with E-state index in [1.54, 1.807) is 35.0 Å². The molecule has 0 aliphatic carbocycles. The first-order valence-electron chi connectivity index (χ1n) is 7.84. The molecular weight excluding hydrogens is 394 g/mol. The number of nitrogens with zero attached hydrogens (tertiary/aromatic N) is 3. The number of hydrogen-bond donors (Lipinski definition) is 1. The minimum absolute atomic E-state index is 0.0947. The van der Waals surface area contributed by atoms with Crippen LogP contribution in [-0.2, 0) is 6.42 Å². The first-order valence-corrected chi connectivity index (χ1v) is 9.03. The number of carbonyl (C=O) groups is 1. The molecule has 1 aromatic carbocycles. The lowest BCUT2D eigenvalue weighted by atomic mass is 10.1. The van der Waals surface area contributed by atoms with Crippen molar-refractivity contribution in [2.45, 2.75) is 6.42 Å². The van der Waals surface area contributed by atoms with Crippen molar-refractivity contribution < 1.29 is 13.6 Å². The molecular formula is C18H11ClF2N4OS. The highest BCUT2D eigenvalue weighted by molar-refractivity contribution is 7.15. The summed E-state index contributed by atoms with van der Waals surface area (Å²) in [5.41, 5.74) is 1.38. The quantitative estimate of drug-likeness (QED) is 0.542. The van der Waals surface area contributed by atoms with Gasteiger partial charge in [0, 0.05) is 23.7 Å². The van der Waals surface area contributed by atoms with Crippen molar-refractivity contribution in [2.24, 2.45) is 0 Å². The molecule has 3 heterocycles. The minimum atomic E-state index is -0.896. The summed E-state index contributed by atoms with van der Waals surface area (Å²) in [4.78, 5) is 21.7. The summed E-state index contributed by atoms with van der Waals surface area (Å²) in [5.74, 6) is -2.22. The maximum absolute atomic E-state index is 13.3.